The van der Waals surface area contributed by atoms with Crippen LogP contribution in [-0.2, 0) is 0 Å². The van der Waals surface area contributed by atoms with Gasteiger partial charge in [0.05, 0.1) is 12.2 Å². The first-order valence-corrected chi connectivity index (χ1v) is 7.32. The molecule has 1 aromatic rings. The summed E-state index contributed by atoms with van der Waals surface area (Å²) in [7, 11) is 0. The van der Waals surface area contributed by atoms with E-state index in [4.69, 9.17) is 0 Å². The van der Waals surface area contributed by atoms with E-state index in [0.29, 0.717) is 12.0 Å². The van der Waals surface area contributed by atoms with Crippen molar-refractivity contribution in [3.8, 4) is 0 Å². The molecule has 1 aliphatic heterocycles. The van der Waals surface area contributed by atoms with E-state index < -0.39 is 0 Å². The summed E-state index contributed by atoms with van der Waals surface area (Å²) in [5.74, 6) is 0.359. The Morgan fingerprint density at radius 2 is 1.84 bits per heavy atom. The largest absolute Gasteiger partial charge is 0.301 e. The van der Waals surface area contributed by atoms with Gasteiger partial charge in [0, 0.05) is 25.2 Å². The highest BCUT2D eigenvalue weighted by atomic mass is 16.1. The Morgan fingerprint density at radius 3 is 2.32 bits per heavy atom. The fourth-order valence-electron chi connectivity index (χ4n) is 2.67. The minimum atomic E-state index is 0.0502. The summed E-state index contributed by atoms with van der Waals surface area (Å²) < 4.78 is 1.68. The quantitative estimate of drug-likeness (QED) is 0.840. The molecular formula is C15H25N3O. The Morgan fingerprint density at radius 1 is 1.21 bits per heavy atom. The number of hydrogen-bond donors (Lipinski definition) is 0. The smallest absolute Gasteiger partial charge is 0.267 e. The van der Waals surface area contributed by atoms with Crippen LogP contribution in [0.2, 0.25) is 0 Å². The van der Waals surface area contributed by atoms with Gasteiger partial charge in [-0.25, -0.2) is 4.68 Å². The van der Waals surface area contributed by atoms with Crippen molar-refractivity contribution in [1.29, 1.82) is 0 Å². The molecule has 1 saturated heterocycles. The van der Waals surface area contributed by atoms with E-state index >= 15 is 0 Å². The predicted molar refractivity (Wildman–Crippen MR) is 77.6 cm³/mol. The van der Waals surface area contributed by atoms with E-state index in [-0.39, 0.29) is 11.6 Å². The molecule has 1 aliphatic rings. The molecule has 0 amide bonds. The second-order valence-corrected chi connectivity index (χ2v) is 6.09. The predicted octanol–water partition coefficient (Wildman–Crippen LogP) is 2.41. The first-order chi connectivity index (χ1) is 8.99. The Hall–Kier alpha value is -1.16. The number of nitrogens with zero attached hydrogens (tertiary/aromatic N) is 3. The van der Waals surface area contributed by atoms with Crippen LogP contribution in [0.3, 0.4) is 0 Å². The van der Waals surface area contributed by atoms with Gasteiger partial charge in [0.15, 0.2) is 0 Å². The van der Waals surface area contributed by atoms with Crippen LogP contribution in [0.4, 0.5) is 0 Å². The lowest BCUT2D eigenvalue weighted by atomic mass is 10.0. The second-order valence-electron chi connectivity index (χ2n) is 6.09. The molecule has 0 atom stereocenters. The third-order valence-corrected chi connectivity index (χ3v) is 4.09. The Kier molecular flexibility index (Phi) is 4.40. The summed E-state index contributed by atoms with van der Waals surface area (Å²) in [5.41, 5.74) is 1.08. The molecule has 0 N–H and O–H groups in total. The maximum atomic E-state index is 12.1. The van der Waals surface area contributed by atoms with E-state index in [9.17, 15) is 4.79 Å². The van der Waals surface area contributed by atoms with Gasteiger partial charge >= 0.3 is 0 Å². The van der Waals surface area contributed by atoms with Crippen molar-refractivity contribution < 1.29 is 0 Å². The molecule has 0 bridgehead atoms. The second kappa shape index (κ2) is 5.87. The van der Waals surface area contributed by atoms with Crippen molar-refractivity contribution in [3.05, 3.63) is 28.2 Å². The van der Waals surface area contributed by atoms with Gasteiger partial charge in [0.25, 0.3) is 5.56 Å². The van der Waals surface area contributed by atoms with Crippen molar-refractivity contribution in [2.75, 3.05) is 13.1 Å². The minimum absolute atomic E-state index is 0.0502. The van der Waals surface area contributed by atoms with E-state index in [2.05, 4.69) is 37.7 Å². The third kappa shape index (κ3) is 3.24. The van der Waals surface area contributed by atoms with Crippen molar-refractivity contribution in [1.82, 2.24) is 14.7 Å². The van der Waals surface area contributed by atoms with Crippen LogP contribution < -0.4 is 5.56 Å². The average molecular weight is 263 g/mol. The third-order valence-electron chi connectivity index (χ3n) is 4.09. The van der Waals surface area contributed by atoms with Gasteiger partial charge in [-0.15, -0.1) is 0 Å². The van der Waals surface area contributed by atoms with E-state index in [0.717, 1.165) is 31.5 Å². The van der Waals surface area contributed by atoms with Gasteiger partial charge in [-0.1, -0.05) is 13.8 Å². The molecule has 4 heteroatoms. The van der Waals surface area contributed by atoms with Gasteiger partial charge < -0.3 is 4.90 Å². The van der Waals surface area contributed by atoms with Crippen molar-refractivity contribution in [3.63, 3.8) is 0 Å². The summed E-state index contributed by atoms with van der Waals surface area (Å²) in [6.45, 7) is 10.7. The highest BCUT2D eigenvalue weighted by Crippen LogP contribution is 2.21. The lowest BCUT2D eigenvalue weighted by molar-refractivity contribution is 0.145. The standard InChI is InChI=1S/C15H25N3O/c1-11(2)13-9-15(19)18(16-10-13)14-5-7-17(8-6-14)12(3)4/h9-12,14H,5-8H2,1-4H3. The molecule has 0 spiro atoms. The van der Waals surface area contributed by atoms with Crippen LogP contribution in [0, 0.1) is 0 Å². The van der Waals surface area contributed by atoms with Crippen LogP contribution in [0.15, 0.2) is 17.1 Å². The Bertz CT molecular complexity index is 471. The van der Waals surface area contributed by atoms with Crippen LogP contribution in [-0.4, -0.2) is 33.8 Å². The summed E-state index contributed by atoms with van der Waals surface area (Å²) in [5, 5.41) is 4.38. The van der Waals surface area contributed by atoms with Gasteiger partial charge in [0.1, 0.15) is 0 Å². The summed E-state index contributed by atoms with van der Waals surface area (Å²) in [4.78, 5) is 14.6. The van der Waals surface area contributed by atoms with Crippen LogP contribution in [0.1, 0.15) is 58.1 Å². The number of piperidine rings is 1. The monoisotopic (exact) mass is 263 g/mol. The fraction of sp³-hybridized carbons (Fsp3) is 0.733. The maximum Gasteiger partial charge on any atom is 0.267 e. The molecule has 4 nitrogen and oxygen atoms in total. The van der Waals surface area contributed by atoms with Crippen LogP contribution in [0.5, 0.6) is 0 Å². The molecule has 1 fully saturated rings. The average Bonchev–Trinajstić information content (AvgIpc) is 2.38. The number of rotatable bonds is 3. The zero-order chi connectivity index (χ0) is 14.0. The molecule has 0 unspecified atom stereocenters. The number of aromatic nitrogens is 2. The Labute approximate surface area is 115 Å². The first-order valence-electron chi connectivity index (χ1n) is 7.32. The van der Waals surface area contributed by atoms with E-state index in [1.54, 1.807) is 10.7 Å². The van der Waals surface area contributed by atoms with Crippen molar-refractivity contribution >= 4 is 0 Å². The minimum Gasteiger partial charge on any atom is -0.301 e. The molecule has 106 valence electrons. The normalized spacial score (nSPS) is 18.4. The molecule has 19 heavy (non-hydrogen) atoms. The van der Waals surface area contributed by atoms with Gasteiger partial charge in [-0.05, 0) is 38.2 Å². The molecule has 0 aliphatic carbocycles. The molecule has 2 heterocycles. The van der Waals surface area contributed by atoms with Crippen molar-refractivity contribution in [2.24, 2.45) is 0 Å². The molecule has 1 aromatic heterocycles. The van der Waals surface area contributed by atoms with Gasteiger partial charge in [-0.3, -0.25) is 4.79 Å². The fourth-order valence-corrected chi connectivity index (χ4v) is 2.67. The maximum absolute atomic E-state index is 12.1. The molecule has 0 radical (unpaired) electrons. The summed E-state index contributed by atoms with van der Waals surface area (Å²) in [6.07, 6.45) is 3.89. The van der Waals surface area contributed by atoms with E-state index in [1.165, 1.54) is 0 Å². The van der Waals surface area contributed by atoms with Gasteiger partial charge in [0.2, 0.25) is 0 Å². The van der Waals surface area contributed by atoms with Gasteiger partial charge in [-0.2, -0.15) is 5.10 Å². The molecule has 2 rings (SSSR count). The summed E-state index contributed by atoms with van der Waals surface area (Å²) >= 11 is 0. The molecular weight excluding hydrogens is 238 g/mol. The van der Waals surface area contributed by atoms with Crippen LogP contribution in [0.25, 0.3) is 0 Å². The zero-order valence-corrected chi connectivity index (χ0v) is 12.5. The van der Waals surface area contributed by atoms with Crippen molar-refractivity contribution in [2.45, 2.75) is 58.5 Å². The summed E-state index contributed by atoms with van der Waals surface area (Å²) in [6, 6.07) is 2.60. The lowest BCUT2D eigenvalue weighted by Crippen LogP contribution is -2.41. The lowest BCUT2D eigenvalue weighted by Gasteiger charge is -2.34. The highest BCUT2D eigenvalue weighted by molar-refractivity contribution is 5.10. The molecule has 0 aromatic carbocycles. The SMILES string of the molecule is CC(C)c1cnn(C2CCN(C(C)C)CC2)c(=O)c1. The molecule has 0 saturated carbocycles. The Balaban J connectivity index is 2.10. The first kappa shape index (κ1) is 14.3. The van der Waals surface area contributed by atoms with E-state index in [1.807, 2.05) is 6.20 Å². The number of hydrogen-bond acceptors (Lipinski definition) is 3. The number of likely N-dealkylation sites (tertiary alicyclic amines) is 1. The topological polar surface area (TPSA) is 38.1 Å². The van der Waals surface area contributed by atoms with Crippen LogP contribution >= 0.6 is 0 Å². The zero-order valence-electron chi connectivity index (χ0n) is 12.5. The highest BCUT2D eigenvalue weighted by Gasteiger charge is 2.23.